The molecule has 2 aromatic carbocycles. The van der Waals surface area contributed by atoms with Crippen molar-refractivity contribution in [3.8, 4) is 22.8 Å². The van der Waals surface area contributed by atoms with Crippen LogP contribution in [0.15, 0.2) is 60.7 Å². The predicted octanol–water partition coefficient (Wildman–Crippen LogP) is 4.77. The summed E-state index contributed by atoms with van der Waals surface area (Å²) in [5.74, 6) is 0.335. The lowest BCUT2D eigenvalue weighted by atomic mass is 10.1. The monoisotopic (exact) mass is 391 g/mol. The maximum Gasteiger partial charge on any atom is 0.267 e. The number of rotatable bonds is 5. The number of anilines is 1. The number of carbonyl (C=O) groups is 1. The van der Waals surface area contributed by atoms with Gasteiger partial charge in [-0.2, -0.15) is 0 Å². The average molecular weight is 391 g/mol. The van der Waals surface area contributed by atoms with E-state index in [4.69, 9.17) is 10.5 Å². The fourth-order valence-electron chi connectivity index (χ4n) is 3.46. The van der Waals surface area contributed by atoms with Crippen molar-refractivity contribution in [1.29, 1.82) is 0 Å². The third-order valence-corrected chi connectivity index (χ3v) is 4.98. The molecule has 1 aliphatic heterocycles. The summed E-state index contributed by atoms with van der Waals surface area (Å²) >= 11 is 0. The Balaban J connectivity index is 1.60. The van der Waals surface area contributed by atoms with E-state index >= 15 is 0 Å². The summed E-state index contributed by atoms with van der Waals surface area (Å²) in [7, 11) is 0. The van der Waals surface area contributed by atoms with Crippen molar-refractivity contribution in [3.05, 3.63) is 72.2 Å². The topological polar surface area (TPSA) is 68.5 Å². The number of primary amides is 1. The van der Waals surface area contributed by atoms with Gasteiger partial charge in [-0.1, -0.05) is 0 Å². The second-order valence-corrected chi connectivity index (χ2v) is 7.09. The first-order valence-corrected chi connectivity index (χ1v) is 9.69. The number of carbonyl (C=O) groups excluding carboxylic acids is 1. The van der Waals surface area contributed by atoms with Crippen LogP contribution in [-0.2, 0) is 0 Å². The van der Waals surface area contributed by atoms with E-state index in [9.17, 15) is 9.18 Å². The molecular formula is C23H22FN3O2. The molecule has 1 aliphatic rings. The minimum absolute atomic E-state index is 0.259. The highest BCUT2D eigenvalue weighted by Gasteiger charge is 2.16. The van der Waals surface area contributed by atoms with Crippen molar-refractivity contribution < 1.29 is 13.9 Å². The molecule has 1 fully saturated rings. The molecule has 0 bridgehead atoms. The van der Waals surface area contributed by atoms with Gasteiger partial charge in [0, 0.05) is 24.3 Å². The molecule has 148 valence electrons. The van der Waals surface area contributed by atoms with Crippen LogP contribution in [0.5, 0.6) is 11.5 Å². The number of amides is 1. The SMILES string of the molecule is NC(=O)c1cc(N2CCCCC2)cc(-c2ccc(Oc3ccc(F)cc3)cc2)n1. The van der Waals surface area contributed by atoms with E-state index in [0.717, 1.165) is 37.2 Å². The fourth-order valence-corrected chi connectivity index (χ4v) is 3.46. The van der Waals surface area contributed by atoms with E-state index in [1.165, 1.54) is 18.6 Å². The molecule has 6 heteroatoms. The van der Waals surface area contributed by atoms with E-state index in [-0.39, 0.29) is 11.5 Å². The lowest BCUT2D eigenvalue weighted by molar-refractivity contribution is 0.0995. The molecule has 3 aromatic rings. The standard InChI is InChI=1S/C23H22FN3O2/c24-17-6-10-20(11-7-17)29-19-8-4-16(5-9-19)21-14-18(15-22(26-21)23(25)28)27-12-2-1-3-13-27/h4-11,14-15H,1-3,12-13H2,(H2,25,28). The number of nitrogens with zero attached hydrogens (tertiary/aromatic N) is 2. The quantitative estimate of drug-likeness (QED) is 0.680. The molecule has 0 spiro atoms. The highest BCUT2D eigenvalue weighted by molar-refractivity contribution is 5.92. The van der Waals surface area contributed by atoms with Gasteiger partial charge in [0.15, 0.2) is 0 Å². The molecule has 1 saturated heterocycles. The summed E-state index contributed by atoms with van der Waals surface area (Å²) in [6.07, 6.45) is 3.50. The van der Waals surface area contributed by atoms with Gasteiger partial charge < -0.3 is 15.4 Å². The van der Waals surface area contributed by atoms with E-state index in [0.29, 0.717) is 17.2 Å². The van der Waals surface area contributed by atoms with Crippen LogP contribution in [0.2, 0.25) is 0 Å². The fraction of sp³-hybridized carbons (Fsp3) is 0.217. The van der Waals surface area contributed by atoms with Crippen LogP contribution in [0.3, 0.4) is 0 Å². The van der Waals surface area contributed by atoms with E-state index in [1.54, 1.807) is 18.2 Å². The molecule has 0 unspecified atom stereocenters. The number of hydrogen-bond acceptors (Lipinski definition) is 4. The summed E-state index contributed by atoms with van der Waals surface area (Å²) in [4.78, 5) is 18.5. The second-order valence-electron chi connectivity index (χ2n) is 7.09. The molecule has 2 N–H and O–H groups in total. The van der Waals surface area contributed by atoms with Crippen LogP contribution in [0.1, 0.15) is 29.8 Å². The summed E-state index contributed by atoms with van der Waals surface area (Å²) in [6.45, 7) is 1.93. The number of hydrogen-bond donors (Lipinski definition) is 1. The van der Waals surface area contributed by atoms with Gasteiger partial charge in [0.25, 0.3) is 5.91 Å². The minimum atomic E-state index is -0.540. The van der Waals surface area contributed by atoms with Gasteiger partial charge >= 0.3 is 0 Å². The van der Waals surface area contributed by atoms with Crippen molar-refractivity contribution in [2.45, 2.75) is 19.3 Å². The Hall–Kier alpha value is -3.41. The Morgan fingerprint density at radius 2 is 1.55 bits per heavy atom. The Kier molecular flexibility index (Phi) is 5.42. The van der Waals surface area contributed by atoms with Gasteiger partial charge in [-0.05, 0) is 79.9 Å². The lowest BCUT2D eigenvalue weighted by Gasteiger charge is -2.29. The summed E-state index contributed by atoms with van der Waals surface area (Å²) < 4.78 is 18.8. The normalized spacial score (nSPS) is 13.9. The zero-order valence-corrected chi connectivity index (χ0v) is 16.0. The molecule has 0 atom stereocenters. The van der Waals surface area contributed by atoms with E-state index in [2.05, 4.69) is 9.88 Å². The third kappa shape index (κ3) is 4.54. The number of halogens is 1. The molecule has 0 saturated carbocycles. The molecule has 0 radical (unpaired) electrons. The van der Waals surface area contributed by atoms with Gasteiger partial charge in [-0.3, -0.25) is 4.79 Å². The maximum atomic E-state index is 13.0. The van der Waals surface area contributed by atoms with E-state index < -0.39 is 5.91 Å². The van der Waals surface area contributed by atoms with Crippen LogP contribution in [0, 0.1) is 5.82 Å². The van der Waals surface area contributed by atoms with Crippen molar-refractivity contribution in [2.24, 2.45) is 5.73 Å². The van der Waals surface area contributed by atoms with Gasteiger partial charge in [-0.25, -0.2) is 9.37 Å². The highest BCUT2D eigenvalue weighted by atomic mass is 19.1. The largest absolute Gasteiger partial charge is 0.457 e. The summed E-state index contributed by atoms with van der Waals surface area (Å²) in [5, 5.41) is 0. The predicted molar refractivity (Wildman–Crippen MR) is 111 cm³/mol. The van der Waals surface area contributed by atoms with Gasteiger partial charge in [0.05, 0.1) is 5.69 Å². The Bertz CT molecular complexity index is 998. The molecule has 5 nitrogen and oxygen atoms in total. The van der Waals surface area contributed by atoms with Crippen molar-refractivity contribution in [2.75, 3.05) is 18.0 Å². The van der Waals surface area contributed by atoms with Crippen molar-refractivity contribution in [1.82, 2.24) is 4.98 Å². The first-order valence-electron chi connectivity index (χ1n) is 9.69. The van der Waals surface area contributed by atoms with Crippen molar-refractivity contribution >= 4 is 11.6 Å². The Labute approximate surface area is 168 Å². The summed E-state index contributed by atoms with van der Waals surface area (Å²) in [5.41, 5.74) is 8.29. The zero-order chi connectivity index (χ0) is 20.2. The second kappa shape index (κ2) is 8.31. The summed E-state index contributed by atoms with van der Waals surface area (Å²) in [6, 6.07) is 17.0. The first-order chi connectivity index (χ1) is 14.1. The number of nitrogens with two attached hydrogens (primary N) is 1. The van der Waals surface area contributed by atoms with Gasteiger partial charge in [0.1, 0.15) is 23.0 Å². The van der Waals surface area contributed by atoms with Crippen LogP contribution >= 0.6 is 0 Å². The number of aromatic nitrogens is 1. The van der Waals surface area contributed by atoms with Crippen LogP contribution in [0.25, 0.3) is 11.3 Å². The van der Waals surface area contributed by atoms with E-state index in [1.807, 2.05) is 30.3 Å². The van der Waals surface area contributed by atoms with Crippen LogP contribution in [-0.4, -0.2) is 24.0 Å². The van der Waals surface area contributed by atoms with Gasteiger partial charge in [0.2, 0.25) is 0 Å². The third-order valence-electron chi connectivity index (χ3n) is 4.98. The minimum Gasteiger partial charge on any atom is -0.457 e. The highest BCUT2D eigenvalue weighted by Crippen LogP contribution is 2.29. The van der Waals surface area contributed by atoms with Crippen LogP contribution < -0.4 is 15.4 Å². The number of piperidine rings is 1. The molecular weight excluding hydrogens is 369 g/mol. The molecule has 4 rings (SSSR count). The molecule has 1 amide bonds. The molecule has 2 heterocycles. The Morgan fingerprint density at radius 1 is 0.931 bits per heavy atom. The number of pyridine rings is 1. The molecule has 1 aromatic heterocycles. The first kappa shape index (κ1) is 18.9. The number of ether oxygens (including phenoxy) is 1. The number of benzene rings is 2. The van der Waals surface area contributed by atoms with Gasteiger partial charge in [-0.15, -0.1) is 0 Å². The smallest absolute Gasteiger partial charge is 0.267 e. The van der Waals surface area contributed by atoms with Crippen molar-refractivity contribution in [3.63, 3.8) is 0 Å². The zero-order valence-electron chi connectivity index (χ0n) is 16.0. The average Bonchev–Trinajstić information content (AvgIpc) is 2.76. The lowest BCUT2D eigenvalue weighted by Crippen LogP contribution is -2.30. The maximum absolute atomic E-state index is 13.0. The molecule has 0 aliphatic carbocycles. The van der Waals surface area contributed by atoms with Crippen LogP contribution in [0.4, 0.5) is 10.1 Å². The molecule has 29 heavy (non-hydrogen) atoms. The Morgan fingerprint density at radius 3 is 2.17 bits per heavy atom.